The molecule has 0 aromatic rings. The van der Waals surface area contributed by atoms with Gasteiger partial charge in [0.15, 0.2) is 0 Å². The van der Waals surface area contributed by atoms with E-state index in [4.69, 9.17) is 10.5 Å². The van der Waals surface area contributed by atoms with Crippen molar-refractivity contribution in [2.45, 2.75) is 6.10 Å². The van der Waals surface area contributed by atoms with Gasteiger partial charge < -0.3 is 10.1 Å². The second-order valence-corrected chi connectivity index (χ2v) is 1.91. The minimum Gasteiger partial charge on any atom is -0.357 e. The molecular formula is C5H7N2O3. The minimum atomic E-state index is -1.20. The molecule has 1 fully saturated rings. The number of hydrogen-bond donors (Lipinski definition) is 1. The lowest BCUT2D eigenvalue weighted by molar-refractivity contribution is -0.147. The average Bonchev–Trinajstić information content (AvgIpc) is 1.88. The molecule has 0 aromatic carbocycles. The Hall–Kier alpha value is -1.10. The molecule has 1 atom stereocenters. The number of morpholine rings is 1. The SMILES string of the molecule is [NH]C(=O)C1OCCNC1=O. The second-order valence-electron chi connectivity index (χ2n) is 1.91. The maximum atomic E-state index is 10.7. The van der Waals surface area contributed by atoms with Crippen LogP contribution in [0.15, 0.2) is 0 Å². The number of carbonyl (C=O) groups excluding carboxylic acids is 2. The molecule has 5 heteroatoms. The van der Waals surface area contributed by atoms with Crippen molar-refractivity contribution in [3.63, 3.8) is 0 Å². The summed E-state index contributed by atoms with van der Waals surface area (Å²) >= 11 is 0. The van der Waals surface area contributed by atoms with Gasteiger partial charge in [-0.25, -0.2) is 0 Å². The Morgan fingerprint density at radius 1 is 1.80 bits per heavy atom. The molecule has 1 heterocycles. The number of ether oxygens (including phenoxy) is 1. The van der Waals surface area contributed by atoms with Crippen molar-refractivity contribution in [3.05, 3.63) is 0 Å². The molecule has 1 rings (SSSR count). The van der Waals surface area contributed by atoms with Gasteiger partial charge in [-0.05, 0) is 0 Å². The zero-order chi connectivity index (χ0) is 7.56. The van der Waals surface area contributed by atoms with Gasteiger partial charge in [0.05, 0.1) is 6.61 Å². The first-order valence-corrected chi connectivity index (χ1v) is 2.86. The van der Waals surface area contributed by atoms with Crippen molar-refractivity contribution in [1.82, 2.24) is 11.1 Å². The average molecular weight is 143 g/mol. The highest BCUT2D eigenvalue weighted by Crippen LogP contribution is 1.96. The van der Waals surface area contributed by atoms with Gasteiger partial charge in [-0.3, -0.25) is 15.3 Å². The summed E-state index contributed by atoms with van der Waals surface area (Å²) < 4.78 is 4.70. The summed E-state index contributed by atoms with van der Waals surface area (Å²) in [5, 5.41) is 2.41. The molecule has 0 aromatic heterocycles. The van der Waals surface area contributed by atoms with E-state index in [2.05, 4.69) is 5.32 Å². The van der Waals surface area contributed by atoms with Crippen LogP contribution >= 0.6 is 0 Å². The highest BCUT2D eigenvalue weighted by atomic mass is 16.5. The van der Waals surface area contributed by atoms with E-state index in [1.165, 1.54) is 0 Å². The molecule has 55 valence electrons. The molecule has 0 saturated carbocycles. The first kappa shape index (κ1) is 7.01. The maximum Gasteiger partial charge on any atom is 0.277 e. The van der Waals surface area contributed by atoms with E-state index in [-0.39, 0.29) is 0 Å². The molecule has 0 bridgehead atoms. The predicted octanol–water partition coefficient (Wildman–Crippen LogP) is -1.69. The van der Waals surface area contributed by atoms with Crippen molar-refractivity contribution in [1.29, 1.82) is 0 Å². The Labute approximate surface area is 57.5 Å². The molecule has 1 aliphatic rings. The highest BCUT2D eigenvalue weighted by molar-refractivity contribution is 6.02. The summed E-state index contributed by atoms with van der Waals surface area (Å²) in [7, 11) is 0. The van der Waals surface area contributed by atoms with E-state index in [9.17, 15) is 9.59 Å². The summed E-state index contributed by atoms with van der Waals surface area (Å²) in [6, 6.07) is 0. The smallest absolute Gasteiger partial charge is 0.277 e. The molecule has 1 saturated heterocycles. The van der Waals surface area contributed by atoms with Crippen molar-refractivity contribution in [2.75, 3.05) is 13.2 Å². The van der Waals surface area contributed by atoms with E-state index < -0.39 is 17.9 Å². The van der Waals surface area contributed by atoms with Crippen LogP contribution in [0.2, 0.25) is 0 Å². The van der Waals surface area contributed by atoms with Crippen LogP contribution in [-0.2, 0) is 14.3 Å². The fourth-order valence-electron chi connectivity index (χ4n) is 0.714. The molecule has 5 nitrogen and oxygen atoms in total. The summed E-state index contributed by atoms with van der Waals surface area (Å²) in [6.07, 6.45) is -1.20. The summed E-state index contributed by atoms with van der Waals surface area (Å²) in [6.45, 7) is 0.726. The zero-order valence-corrected chi connectivity index (χ0v) is 5.22. The van der Waals surface area contributed by atoms with Gasteiger partial charge in [0.2, 0.25) is 6.10 Å². The lowest BCUT2D eigenvalue weighted by Crippen LogP contribution is -2.48. The van der Waals surface area contributed by atoms with Gasteiger partial charge >= 0.3 is 0 Å². The van der Waals surface area contributed by atoms with Crippen molar-refractivity contribution in [3.8, 4) is 0 Å². The van der Waals surface area contributed by atoms with E-state index in [1.54, 1.807) is 0 Å². The lowest BCUT2D eigenvalue weighted by atomic mass is 10.3. The Bertz CT molecular complexity index is 168. The third-order valence-corrected chi connectivity index (χ3v) is 1.16. The number of nitrogens with one attached hydrogen (secondary N) is 2. The Kier molecular flexibility index (Phi) is 1.86. The van der Waals surface area contributed by atoms with Crippen LogP contribution in [0.5, 0.6) is 0 Å². The molecule has 1 unspecified atom stereocenters. The predicted molar refractivity (Wildman–Crippen MR) is 30.9 cm³/mol. The monoisotopic (exact) mass is 143 g/mol. The summed E-state index contributed by atoms with van der Waals surface area (Å²) in [5.74, 6) is -1.50. The fourth-order valence-corrected chi connectivity index (χ4v) is 0.714. The highest BCUT2D eigenvalue weighted by Gasteiger charge is 2.28. The normalized spacial score (nSPS) is 25.6. The number of rotatable bonds is 1. The van der Waals surface area contributed by atoms with E-state index in [0.717, 1.165) is 0 Å². The van der Waals surface area contributed by atoms with Gasteiger partial charge in [-0.2, -0.15) is 0 Å². The quantitative estimate of drug-likeness (QED) is 0.445. The van der Waals surface area contributed by atoms with Crippen LogP contribution in [0.1, 0.15) is 0 Å². The van der Waals surface area contributed by atoms with Crippen LogP contribution < -0.4 is 11.1 Å². The Morgan fingerprint density at radius 3 is 2.90 bits per heavy atom. The van der Waals surface area contributed by atoms with Gasteiger partial charge in [0.25, 0.3) is 11.8 Å². The summed E-state index contributed by atoms with van der Waals surface area (Å²) in [4.78, 5) is 20.9. The van der Waals surface area contributed by atoms with Gasteiger partial charge in [0.1, 0.15) is 0 Å². The molecule has 1 aliphatic heterocycles. The largest absolute Gasteiger partial charge is 0.357 e. The maximum absolute atomic E-state index is 10.7. The van der Waals surface area contributed by atoms with Crippen molar-refractivity contribution in [2.24, 2.45) is 0 Å². The first-order valence-electron chi connectivity index (χ1n) is 2.86. The van der Waals surface area contributed by atoms with E-state index in [1.807, 2.05) is 0 Å². The number of hydrogen-bond acceptors (Lipinski definition) is 3. The first-order chi connectivity index (χ1) is 4.72. The molecule has 1 radical (unpaired) electrons. The van der Waals surface area contributed by atoms with Crippen LogP contribution in [0.4, 0.5) is 0 Å². The number of carbonyl (C=O) groups is 2. The van der Waals surface area contributed by atoms with Gasteiger partial charge in [0, 0.05) is 6.54 Å². The molecule has 0 spiro atoms. The van der Waals surface area contributed by atoms with E-state index in [0.29, 0.717) is 13.2 Å². The fraction of sp³-hybridized carbons (Fsp3) is 0.600. The summed E-state index contributed by atoms with van der Waals surface area (Å²) in [5.41, 5.74) is 6.58. The minimum absolute atomic E-state index is 0.307. The van der Waals surface area contributed by atoms with Crippen LogP contribution in [0, 0.1) is 0 Å². The van der Waals surface area contributed by atoms with E-state index >= 15 is 0 Å². The molecule has 2 N–H and O–H groups in total. The number of amides is 2. The topological polar surface area (TPSA) is 79.2 Å². The third-order valence-electron chi connectivity index (χ3n) is 1.16. The van der Waals surface area contributed by atoms with Crippen LogP contribution in [-0.4, -0.2) is 31.1 Å². The van der Waals surface area contributed by atoms with Crippen molar-refractivity contribution >= 4 is 11.8 Å². The molecule has 2 amide bonds. The molecule has 10 heavy (non-hydrogen) atoms. The zero-order valence-electron chi connectivity index (χ0n) is 5.22. The Morgan fingerprint density at radius 2 is 2.50 bits per heavy atom. The second kappa shape index (κ2) is 2.66. The van der Waals surface area contributed by atoms with Gasteiger partial charge in [-0.15, -0.1) is 0 Å². The molecular weight excluding hydrogens is 136 g/mol. The van der Waals surface area contributed by atoms with Crippen molar-refractivity contribution < 1.29 is 14.3 Å². The third kappa shape index (κ3) is 1.24. The van der Waals surface area contributed by atoms with Crippen LogP contribution in [0.3, 0.4) is 0 Å². The van der Waals surface area contributed by atoms with Crippen LogP contribution in [0.25, 0.3) is 0 Å². The van der Waals surface area contributed by atoms with Gasteiger partial charge in [-0.1, -0.05) is 0 Å². The lowest BCUT2D eigenvalue weighted by Gasteiger charge is -2.18. The standard InChI is InChI=1S/C5H7N2O3/c6-4(8)3-5(9)7-1-2-10-3/h3,6H,1-2H2,(H,7,9). The molecule has 0 aliphatic carbocycles. The Balaban J connectivity index is 2.56.